The molecule has 6 unspecified atom stereocenters. The summed E-state index contributed by atoms with van der Waals surface area (Å²) in [7, 11) is 0. The monoisotopic (exact) mass is 473 g/mol. The van der Waals surface area contributed by atoms with Gasteiger partial charge in [-0.3, -0.25) is 19.2 Å². The maximum Gasteiger partial charge on any atom is 0.326 e. The maximum absolute atomic E-state index is 12.8. The van der Waals surface area contributed by atoms with Crippen LogP contribution in [-0.4, -0.2) is 70.1 Å². The predicted octanol–water partition coefficient (Wildman–Crippen LogP) is -1.41. The van der Waals surface area contributed by atoms with Crippen molar-refractivity contribution in [1.82, 2.24) is 16.0 Å². The van der Waals surface area contributed by atoms with Crippen LogP contribution in [0.5, 0.6) is 0 Å². The lowest BCUT2D eigenvalue weighted by Gasteiger charge is -2.27. The minimum absolute atomic E-state index is 0.0332. The molecule has 0 saturated carbocycles. The molecule has 9 N–H and O–H groups in total. The first-order chi connectivity index (χ1) is 15.2. The number of carbonyl (C=O) groups excluding carboxylic acids is 4. The van der Waals surface area contributed by atoms with Crippen molar-refractivity contribution in [1.29, 1.82) is 0 Å². The van der Waals surface area contributed by atoms with Gasteiger partial charge in [0.25, 0.3) is 0 Å². The second-order valence-corrected chi connectivity index (χ2v) is 8.73. The summed E-state index contributed by atoms with van der Waals surface area (Å²) in [6.07, 6.45) is -0.987. The third-order valence-electron chi connectivity index (χ3n) is 5.26. The molecule has 0 aliphatic rings. The molecule has 4 amide bonds. The zero-order valence-electron chi connectivity index (χ0n) is 20.0. The molecule has 0 aromatic heterocycles. The molecule has 0 fully saturated rings. The normalized spacial score (nSPS) is 16.6. The van der Waals surface area contributed by atoms with Crippen LogP contribution in [0, 0.1) is 11.8 Å². The van der Waals surface area contributed by atoms with Gasteiger partial charge in [0.15, 0.2) is 0 Å². The van der Waals surface area contributed by atoms with Gasteiger partial charge in [0.2, 0.25) is 23.6 Å². The number of hydrogen-bond acceptors (Lipinski definition) is 7. The molecule has 0 spiro atoms. The van der Waals surface area contributed by atoms with Gasteiger partial charge < -0.3 is 37.6 Å². The molecule has 0 aromatic carbocycles. The average molecular weight is 474 g/mol. The highest BCUT2D eigenvalue weighted by Gasteiger charge is 2.33. The molecular formula is C21H39N5O7. The molecule has 0 rings (SSSR count). The van der Waals surface area contributed by atoms with E-state index in [0.29, 0.717) is 6.42 Å². The molecule has 12 heteroatoms. The van der Waals surface area contributed by atoms with E-state index in [9.17, 15) is 34.2 Å². The van der Waals surface area contributed by atoms with E-state index in [4.69, 9.17) is 11.5 Å². The van der Waals surface area contributed by atoms with E-state index in [1.165, 1.54) is 6.92 Å². The third kappa shape index (κ3) is 11.1. The van der Waals surface area contributed by atoms with E-state index >= 15 is 0 Å². The summed E-state index contributed by atoms with van der Waals surface area (Å²) in [5.74, 6) is -4.52. The molecular weight excluding hydrogens is 434 g/mol. The minimum Gasteiger partial charge on any atom is -0.480 e. The summed E-state index contributed by atoms with van der Waals surface area (Å²) in [6.45, 7) is 8.44. The van der Waals surface area contributed by atoms with Crippen molar-refractivity contribution < 1.29 is 34.2 Å². The average Bonchev–Trinajstić information content (AvgIpc) is 2.71. The Morgan fingerprint density at radius 3 is 1.85 bits per heavy atom. The van der Waals surface area contributed by atoms with Gasteiger partial charge in [0.1, 0.15) is 18.1 Å². The molecule has 0 aliphatic carbocycles. The van der Waals surface area contributed by atoms with E-state index in [1.54, 1.807) is 20.8 Å². The second-order valence-electron chi connectivity index (χ2n) is 8.73. The van der Waals surface area contributed by atoms with Crippen molar-refractivity contribution in [3.63, 3.8) is 0 Å². The largest absolute Gasteiger partial charge is 0.480 e. The predicted molar refractivity (Wildman–Crippen MR) is 120 cm³/mol. The van der Waals surface area contributed by atoms with Gasteiger partial charge in [0, 0.05) is 6.42 Å². The number of aliphatic hydroxyl groups is 1. The number of hydrogen-bond donors (Lipinski definition) is 7. The van der Waals surface area contributed by atoms with Crippen LogP contribution in [0.3, 0.4) is 0 Å². The van der Waals surface area contributed by atoms with Crippen molar-refractivity contribution in [3.05, 3.63) is 0 Å². The highest BCUT2D eigenvalue weighted by molar-refractivity contribution is 5.94. The summed E-state index contributed by atoms with van der Waals surface area (Å²) in [5.41, 5.74) is 11.1. The number of amides is 4. The zero-order valence-corrected chi connectivity index (χ0v) is 20.0. The van der Waals surface area contributed by atoms with Crippen LogP contribution in [0.1, 0.15) is 60.3 Å². The molecule has 190 valence electrons. The highest BCUT2D eigenvalue weighted by atomic mass is 16.4. The number of carbonyl (C=O) groups is 5. The van der Waals surface area contributed by atoms with Gasteiger partial charge in [0.05, 0.1) is 12.1 Å². The Balaban J connectivity index is 5.52. The van der Waals surface area contributed by atoms with Crippen LogP contribution in [0.15, 0.2) is 0 Å². The van der Waals surface area contributed by atoms with Crippen molar-refractivity contribution in [2.24, 2.45) is 23.3 Å². The van der Waals surface area contributed by atoms with Crippen molar-refractivity contribution in [2.45, 2.75) is 90.6 Å². The molecule has 0 aliphatic heterocycles. The lowest BCUT2D eigenvalue weighted by atomic mass is 9.98. The van der Waals surface area contributed by atoms with Gasteiger partial charge >= 0.3 is 5.97 Å². The first-order valence-electron chi connectivity index (χ1n) is 11.1. The Hall–Kier alpha value is -2.73. The Morgan fingerprint density at radius 1 is 0.879 bits per heavy atom. The SMILES string of the molecule is CCC(C)C(N)C(=O)NC(CCC(N)=O)C(=O)NC(C(=O)NC(CC(C)C)C(=O)O)C(C)O. The Kier molecular flexibility index (Phi) is 13.2. The summed E-state index contributed by atoms with van der Waals surface area (Å²) in [5, 5.41) is 26.5. The van der Waals surface area contributed by atoms with E-state index in [-0.39, 0.29) is 31.1 Å². The van der Waals surface area contributed by atoms with Crippen molar-refractivity contribution in [3.8, 4) is 0 Å². The molecule has 0 bridgehead atoms. The fourth-order valence-electron chi connectivity index (χ4n) is 2.95. The smallest absolute Gasteiger partial charge is 0.326 e. The van der Waals surface area contributed by atoms with Crippen LogP contribution < -0.4 is 27.4 Å². The first kappa shape index (κ1) is 30.3. The van der Waals surface area contributed by atoms with Gasteiger partial charge in [-0.2, -0.15) is 0 Å². The number of primary amides is 1. The summed E-state index contributed by atoms with van der Waals surface area (Å²) < 4.78 is 0. The Labute approximate surface area is 194 Å². The fraction of sp³-hybridized carbons (Fsp3) is 0.762. The fourth-order valence-corrected chi connectivity index (χ4v) is 2.95. The van der Waals surface area contributed by atoms with E-state index in [2.05, 4.69) is 16.0 Å². The summed E-state index contributed by atoms with van der Waals surface area (Å²) >= 11 is 0. The van der Waals surface area contributed by atoms with Crippen LogP contribution in [0.2, 0.25) is 0 Å². The second kappa shape index (κ2) is 14.4. The standard InChI is InChI=1S/C21H39N5O7/c1-6-11(4)16(23)19(30)24-13(7-8-15(22)28)18(29)26-17(12(5)27)20(31)25-14(21(32)33)9-10(2)3/h10-14,16-17,27H,6-9,23H2,1-5H3,(H2,22,28)(H,24,30)(H,25,31)(H,26,29)(H,32,33). The number of rotatable bonds is 15. The quantitative estimate of drug-likeness (QED) is 0.150. The molecule has 0 saturated heterocycles. The van der Waals surface area contributed by atoms with Gasteiger partial charge in [-0.05, 0) is 31.6 Å². The van der Waals surface area contributed by atoms with Crippen molar-refractivity contribution in [2.75, 3.05) is 0 Å². The van der Waals surface area contributed by atoms with Gasteiger partial charge in [-0.15, -0.1) is 0 Å². The van der Waals surface area contributed by atoms with Crippen LogP contribution in [0.4, 0.5) is 0 Å². The maximum atomic E-state index is 12.8. The third-order valence-corrected chi connectivity index (χ3v) is 5.26. The number of nitrogens with two attached hydrogens (primary N) is 2. The summed E-state index contributed by atoms with van der Waals surface area (Å²) in [4.78, 5) is 60.6. The van der Waals surface area contributed by atoms with E-state index in [1.807, 2.05) is 6.92 Å². The van der Waals surface area contributed by atoms with E-state index < -0.39 is 59.9 Å². The number of aliphatic hydroxyl groups excluding tert-OH is 1. The topological polar surface area (TPSA) is 214 Å². The Morgan fingerprint density at radius 2 is 1.42 bits per heavy atom. The molecule has 6 atom stereocenters. The molecule has 12 nitrogen and oxygen atoms in total. The van der Waals surface area contributed by atoms with Crippen LogP contribution in [0.25, 0.3) is 0 Å². The number of aliphatic carboxylic acids is 1. The van der Waals surface area contributed by atoms with Gasteiger partial charge in [-0.25, -0.2) is 4.79 Å². The Bertz CT molecular complexity index is 698. The van der Waals surface area contributed by atoms with Crippen molar-refractivity contribution >= 4 is 29.6 Å². The molecule has 0 aromatic rings. The molecule has 33 heavy (non-hydrogen) atoms. The lowest BCUT2D eigenvalue weighted by molar-refractivity contribution is -0.143. The highest BCUT2D eigenvalue weighted by Crippen LogP contribution is 2.09. The van der Waals surface area contributed by atoms with E-state index in [0.717, 1.165) is 0 Å². The number of carboxylic acids is 1. The lowest BCUT2D eigenvalue weighted by Crippen LogP contribution is -2.60. The summed E-state index contributed by atoms with van der Waals surface area (Å²) in [6, 6.07) is -4.86. The molecule has 0 radical (unpaired) electrons. The molecule has 0 heterocycles. The van der Waals surface area contributed by atoms with Crippen LogP contribution in [-0.2, 0) is 24.0 Å². The number of nitrogens with one attached hydrogen (secondary N) is 3. The first-order valence-corrected chi connectivity index (χ1v) is 11.1. The zero-order chi connectivity index (χ0) is 25.9. The minimum atomic E-state index is -1.50. The number of carboxylic acid groups (broad SMARTS) is 1. The van der Waals surface area contributed by atoms with Crippen LogP contribution >= 0.6 is 0 Å². The van der Waals surface area contributed by atoms with Gasteiger partial charge in [-0.1, -0.05) is 34.1 Å².